The molecule has 3 aliphatic rings. The van der Waals surface area contributed by atoms with Gasteiger partial charge in [0.2, 0.25) is 12.7 Å². The third-order valence-corrected chi connectivity index (χ3v) is 5.15. The molecular weight excluding hydrogens is 314 g/mol. The molecule has 0 saturated heterocycles. The van der Waals surface area contributed by atoms with Crippen molar-refractivity contribution in [2.24, 2.45) is 11.8 Å². The molecule has 0 atom stereocenters. The topological polar surface area (TPSA) is 38.8 Å². The monoisotopic (exact) mass is 333 g/mol. The number of hydrogen-bond donors (Lipinski definition) is 0. The number of nitrogens with zero attached hydrogens (tertiary/aromatic N) is 1. The molecule has 1 aromatic carbocycles. The number of amides is 1. The van der Waals surface area contributed by atoms with Crippen molar-refractivity contribution in [3.63, 3.8) is 0 Å². The van der Waals surface area contributed by atoms with Gasteiger partial charge in [-0.05, 0) is 61.3 Å². The van der Waals surface area contributed by atoms with Crippen molar-refractivity contribution in [1.82, 2.24) is 4.90 Å². The minimum Gasteiger partial charge on any atom is -0.454 e. The fraction of sp³-hybridized carbons (Fsp3) is 0.500. The number of rotatable bonds is 5. The summed E-state index contributed by atoms with van der Waals surface area (Å²) in [4.78, 5) is 14.4. The van der Waals surface area contributed by atoms with Gasteiger partial charge in [-0.15, -0.1) is 0 Å². The zero-order chi connectivity index (χ0) is 16.0. The minimum absolute atomic E-state index is 0.0580. The zero-order valence-corrected chi connectivity index (χ0v) is 13.9. The molecule has 1 heterocycles. The summed E-state index contributed by atoms with van der Waals surface area (Å²) in [7, 11) is 1.93. The highest BCUT2D eigenvalue weighted by Gasteiger charge is 2.44. The smallest absolute Gasteiger partial charge is 0.246 e. The van der Waals surface area contributed by atoms with Crippen LogP contribution in [0.2, 0.25) is 5.02 Å². The molecule has 0 bridgehead atoms. The lowest BCUT2D eigenvalue weighted by molar-refractivity contribution is -0.127. The summed E-state index contributed by atoms with van der Waals surface area (Å²) in [6.07, 6.45) is 8.48. The second-order valence-electron chi connectivity index (χ2n) is 6.68. The van der Waals surface area contributed by atoms with E-state index in [-0.39, 0.29) is 12.7 Å². The normalized spacial score (nSPS) is 19.6. The number of benzene rings is 1. The van der Waals surface area contributed by atoms with Crippen LogP contribution in [0.1, 0.15) is 31.2 Å². The maximum absolute atomic E-state index is 12.5. The fourth-order valence-corrected chi connectivity index (χ4v) is 3.68. The van der Waals surface area contributed by atoms with Crippen LogP contribution in [0.5, 0.6) is 11.5 Å². The van der Waals surface area contributed by atoms with E-state index in [9.17, 15) is 4.79 Å². The van der Waals surface area contributed by atoms with Crippen LogP contribution in [0, 0.1) is 11.8 Å². The van der Waals surface area contributed by atoms with Gasteiger partial charge in [0.05, 0.1) is 5.02 Å². The summed E-state index contributed by atoms with van der Waals surface area (Å²) in [6, 6.07) is 4.06. The first-order valence-electron chi connectivity index (χ1n) is 8.17. The second-order valence-corrected chi connectivity index (χ2v) is 7.09. The first kappa shape index (κ1) is 14.9. The predicted octanol–water partition coefficient (Wildman–Crippen LogP) is 3.73. The standard InChI is InChI=1S/C18H20ClNO3/c1-20(17(12-3-4-12)13-5-6-13)16(21)7-2-11-8-14(19)18-15(9-11)22-10-23-18/h2,7-9,12-13,17H,3-6,10H2,1H3. The Bertz CT molecular complexity index is 652. The van der Waals surface area contributed by atoms with Crippen molar-refractivity contribution in [3.05, 3.63) is 28.8 Å². The lowest BCUT2D eigenvalue weighted by atomic mass is 10.1. The van der Waals surface area contributed by atoms with Crippen molar-refractivity contribution < 1.29 is 14.3 Å². The molecule has 0 spiro atoms. The van der Waals surface area contributed by atoms with Crippen LogP contribution in [-0.2, 0) is 4.79 Å². The van der Waals surface area contributed by atoms with E-state index in [1.807, 2.05) is 18.0 Å². The van der Waals surface area contributed by atoms with Gasteiger partial charge >= 0.3 is 0 Å². The Labute approximate surface area is 141 Å². The van der Waals surface area contributed by atoms with Gasteiger partial charge in [-0.1, -0.05) is 11.6 Å². The van der Waals surface area contributed by atoms with Crippen LogP contribution in [0.25, 0.3) is 6.08 Å². The minimum atomic E-state index is 0.0580. The van der Waals surface area contributed by atoms with Gasteiger partial charge in [0, 0.05) is 19.2 Å². The molecule has 0 radical (unpaired) electrons. The Morgan fingerprint density at radius 3 is 2.61 bits per heavy atom. The predicted molar refractivity (Wildman–Crippen MR) is 88.6 cm³/mol. The Kier molecular flexibility index (Phi) is 3.72. The van der Waals surface area contributed by atoms with Gasteiger partial charge in [-0.3, -0.25) is 4.79 Å². The third kappa shape index (κ3) is 3.05. The van der Waals surface area contributed by atoms with E-state index in [4.69, 9.17) is 21.1 Å². The molecule has 0 N–H and O–H groups in total. The van der Waals surface area contributed by atoms with E-state index >= 15 is 0 Å². The maximum Gasteiger partial charge on any atom is 0.246 e. The van der Waals surface area contributed by atoms with E-state index in [1.165, 1.54) is 25.7 Å². The van der Waals surface area contributed by atoms with Crippen LogP contribution >= 0.6 is 11.6 Å². The number of halogens is 1. The number of carbonyl (C=O) groups is 1. The van der Waals surface area contributed by atoms with E-state index in [1.54, 1.807) is 18.2 Å². The van der Waals surface area contributed by atoms with Gasteiger partial charge in [0.15, 0.2) is 11.5 Å². The number of fused-ring (bicyclic) bond motifs is 1. The van der Waals surface area contributed by atoms with Crippen LogP contribution in [0.3, 0.4) is 0 Å². The van der Waals surface area contributed by atoms with Crippen LogP contribution in [0.15, 0.2) is 18.2 Å². The molecule has 4 nitrogen and oxygen atoms in total. The van der Waals surface area contributed by atoms with E-state index in [0.717, 1.165) is 5.56 Å². The van der Waals surface area contributed by atoms with Crippen LogP contribution < -0.4 is 9.47 Å². The molecule has 1 amide bonds. The largest absolute Gasteiger partial charge is 0.454 e. The highest BCUT2D eigenvalue weighted by atomic mass is 35.5. The highest BCUT2D eigenvalue weighted by Crippen LogP contribution is 2.47. The third-order valence-electron chi connectivity index (χ3n) is 4.87. The van der Waals surface area contributed by atoms with Crippen molar-refractivity contribution >= 4 is 23.6 Å². The van der Waals surface area contributed by atoms with E-state index in [0.29, 0.717) is 34.4 Å². The Hall–Kier alpha value is -1.68. The molecular formula is C18H20ClNO3. The Morgan fingerprint density at radius 2 is 1.96 bits per heavy atom. The molecule has 2 aliphatic carbocycles. The maximum atomic E-state index is 12.5. The first-order chi connectivity index (χ1) is 11.1. The zero-order valence-electron chi connectivity index (χ0n) is 13.1. The first-order valence-corrected chi connectivity index (χ1v) is 8.55. The second kappa shape index (κ2) is 5.75. The van der Waals surface area contributed by atoms with Crippen LogP contribution in [-0.4, -0.2) is 30.7 Å². The van der Waals surface area contributed by atoms with E-state index < -0.39 is 0 Å². The van der Waals surface area contributed by atoms with E-state index in [2.05, 4.69) is 0 Å². The number of hydrogen-bond acceptors (Lipinski definition) is 3. The molecule has 0 unspecified atom stereocenters. The van der Waals surface area contributed by atoms with Crippen molar-refractivity contribution in [2.45, 2.75) is 31.7 Å². The average molecular weight is 334 g/mol. The summed E-state index contributed by atoms with van der Waals surface area (Å²) in [6.45, 7) is 0.189. The molecule has 5 heteroatoms. The molecule has 0 aromatic heterocycles. The van der Waals surface area contributed by atoms with Crippen LogP contribution in [0.4, 0.5) is 0 Å². The summed E-state index contributed by atoms with van der Waals surface area (Å²) in [5.74, 6) is 2.69. The fourth-order valence-electron chi connectivity index (χ4n) is 3.41. The molecule has 122 valence electrons. The van der Waals surface area contributed by atoms with Crippen molar-refractivity contribution in [2.75, 3.05) is 13.8 Å². The lowest BCUT2D eigenvalue weighted by Crippen LogP contribution is -2.39. The number of likely N-dealkylation sites (N-methyl/N-ethyl adjacent to an activating group) is 1. The molecule has 2 saturated carbocycles. The molecule has 1 aliphatic heterocycles. The molecule has 4 rings (SSSR count). The Morgan fingerprint density at radius 1 is 1.26 bits per heavy atom. The average Bonchev–Trinajstić information content (AvgIpc) is 3.46. The molecule has 1 aromatic rings. The number of carbonyl (C=O) groups excluding carboxylic acids is 1. The quantitative estimate of drug-likeness (QED) is 0.771. The molecule has 2 fully saturated rings. The Balaban J connectivity index is 1.47. The van der Waals surface area contributed by atoms with Gasteiger partial charge in [-0.25, -0.2) is 0 Å². The van der Waals surface area contributed by atoms with Crippen molar-refractivity contribution in [1.29, 1.82) is 0 Å². The number of ether oxygens (including phenoxy) is 2. The highest BCUT2D eigenvalue weighted by molar-refractivity contribution is 6.32. The van der Waals surface area contributed by atoms with Crippen molar-refractivity contribution in [3.8, 4) is 11.5 Å². The summed E-state index contributed by atoms with van der Waals surface area (Å²) < 4.78 is 10.6. The molecule has 23 heavy (non-hydrogen) atoms. The SMILES string of the molecule is CN(C(=O)C=Cc1cc(Cl)c2c(c1)OCO2)C(C1CC1)C1CC1. The lowest BCUT2D eigenvalue weighted by Gasteiger charge is -2.27. The summed E-state index contributed by atoms with van der Waals surface area (Å²) in [5, 5.41) is 0.509. The van der Waals surface area contributed by atoms with Gasteiger partial charge < -0.3 is 14.4 Å². The summed E-state index contributed by atoms with van der Waals surface area (Å²) in [5.41, 5.74) is 0.843. The summed E-state index contributed by atoms with van der Waals surface area (Å²) >= 11 is 6.17. The van der Waals surface area contributed by atoms with Gasteiger partial charge in [0.25, 0.3) is 0 Å². The van der Waals surface area contributed by atoms with Gasteiger partial charge in [0.1, 0.15) is 0 Å². The van der Waals surface area contributed by atoms with Gasteiger partial charge in [-0.2, -0.15) is 0 Å².